The molecule has 0 radical (unpaired) electrons. The molecule has 0 spiro atoms. The summed E-state index contributed by atoms with van der Waals surface area (Å²) in [6.45, 7) is 0. The second-order valence-electron chi connectivity index (χ2n) is 5.79. The van der Waals surface area contributed by atoms with Crippen LogP contribution in [0, 0.1) is 0 Å². The fourth-order valence-corrected chi connectivity index (χ4v) is 4.54. The third kappa shape index (κ3) is 3.65. The SMILES string of the molecule is O=C(CSc1ncnc2sc(-c3ccccc3)cc12)c1ccc(O)c(O)c1. The largest absolute Gasteiger partial charge is 0.504 e. The van der Waals surface area contributed by atoms with E-state index in [1.165, 1.54) is 36.3 Å². The summed E-state index contributed by atoms with van der Waals surface area (Å²) < 4.78 is 0. The number of hydrogen-bond acceptors (Lipinski definition) is 7. The number of Topliss-reactive ketones (excluding diaryl/α,β-unsaturated/α-hetero) is 1. The molecule has 2 heterocycles. The first-order chi connectivity index (χ1) is 13.1. The first kappa shape index (κ1) is 17.5. The van der Waals surface area contributed by atoms with Crippen LogP contribution >= 0.6 is 23.1 Å². The minimum Gasteiger partial charge on any atom is -0.504 e. The molecule has 2 aromatic heterocycles. The van der Waals surface area contributed by atoms with Gasteiger partial charge in [0, 0.05) is 15.8 Å². The zero-order valence-electron chi connectivity index (χ0n) is 14.0. The van der Waals surface area contributed by atoms with Crippen molar-refractivity contribution < 1.29 is 15.0 Å². The first-order valence-corrected chi connectivity index (χ1v) is 9.90. The summed E-state index contributed by atoms with van der Waals surface area (Å²) in [5, 5.41) is 20.6. The fourth-order valence-electron chi connectivity index (χ4n) is 2.61. The van der Waals surface area contributed by atoms with Gasteiger partial charge >= 0.3 is 0 Å². The molecule has 5 nitrogen and oxygen atoms in total. The van der Waals surface area contributed by atoms with Crippen molar-refractivity contribution in [3.8, 4) is 21.9 Å². The first-order valence-electron chi connectivity index (χ1n) is 8.10. The minimum atomic E-state index is -0.305. The highest BCUT2D eigenvalue weighted by molar-refractivity contribution is 8.00. The van der Waals surface area contributed by atoms with Gasteiger partial charge in [-0.2, -0.15) is 0 Å². The molecule has 0 aliphatic heterocycles. The smallest absolute Gasteiger partial charge is 0.173 e. The zero-order chi connectivity index (χ0) is 18.8. The van der Waals surface area contributed by atoms with Gasteiger partial charge in [-0.15, -0.1) is 11.3 Å². The number of hydrogen-bond donors (Lipinski definition) is 2. The van der Waals surface area contributed by atoms with Crippen LogP contribution in [-0.2, 0) is 0 Å². The van der Waals surface area contributed by atoms with Crippen LogP contribution in [0.15, 0.2) is 66.0 Å². The van der Waals surface area contributed by atoms with Gasteiger partial charge in [0.05, 0.1) is 5.75 Å². The molecule has 0 aliphatic rings. The highest BCUT2D eigenvalue weighted by Crippen LogP contribution is 2.36. The van der Waals surface area contributed by atoms with Gasteiger partial charge in [-0.05, 0) is 29.8 Å². The van der Waals surface area contributed by atoms with Crippen molar-refractivity contribution in [2.24, 2.45) is 0 Å². The summed E-state index contributed by atoms with van der Waals surface area (Å²) in [6.07, 6.45) is 1.51. The van der Waals surface area contributed by atoms with Crippen molar-refractivity contribution in [2.75, 3.05) is 5.75 Å². The van der Waals surface area contributed by atoms with Crippen LogP contribution in [0.2, 0.25) is 0 Å². The number of nitrogens with zero attached hydrogens (tertiary/aromatic N) is 2. The lowest BCUT2D eigenvalue weighted by Gasteiger charge is -2.04. The molecule has 2 N–H and O–H groups in total. The predicted octanol–water partition coefficient (Wildman–Crippen LogP) is 4.74. The average Bonchev–Trinajstić information content (AvgIpc) is 3.14. The van der Waals surface area contributed by atoms with Gasteiger partial charge in [0.25, 0.3) is 0 Å². The van der Waals surface area contributed by atoms with Crippen molar-refractivity contribution in [1.29, 1.82) is 0 Å². The van der Waals surface area contributed by atoms with Crippen molar-refractivity contribution in [3.05, 3.63) is 66.5 Å². The van der Waals surface area contributed by atoms with Crippen LogP contribution in [0.1, 0.15) is 10.4 Å². The number of aromatic hydroxyl groups is 2. The highest BCUT2D eigenvalue weighted by Gasteiger charge is 2.14. The predicted molar refractivity (Wildman–Crippen MR) is 108 cm³/mol. The number of fused-ring (bicyclic) bond motifs is 1. The van der Waals surface area contributed by atoms with E-state index in [0.717, 1.165) is 25.7 Å². The Bertz CT molecular complexity index is 1130. The lowest BCUT2D eigenvalue weighted by Crippen LogP contribution is -2.02. The summed E-state index contributed by atoms with van der Waals surface area (Å²) in [7, 11) is 0. The number of thioether (sulfide) groups is 1. The Labute approximate surface area is 163 Å². The number of carbonyl (C=O) groups excluding carboxylic acids is 1. The van der Waals surface area contributed by atoms with Crippen molar-refractivity contribution in [3.63, 3.8) is 0 Å². The Hall–Kier alpha value is -2.90. The van der Waals surface area contributed by atoms with Crippen molar-refractivity contribution in [1.82, 2.24) is 9.97 Å². The Morgan fingerprint density at radius 2 is 1.81 bits per heavy atom. The van der Waals surface area contributed by atoms with Crippen molar-refractivity contribution in [2.45, 2.75) is 5.03 Å². The lowest BCUT2D eigenvalue weighted by atomic mass is 10.1. The quantitative estimate of drug-likeness (QED) is 0.220. The number of carbonyl (C=O) groups is 1. The third-order valence-electron chi connectivity index (χ3n) is 3.99. The fraction of sp³-hybridized carbons (Fsp3) is 0.0500. The molecule has 0 amide bonds. The standard InChI is InChI=1S/C20H14N2O3S2/c23-15-7-6-13(8-16(15)24)17(25)10-26-19-14-9-18(12-4-2-1-3-5-12)27-20(14)22-11-21-19/h1-9,11,23-24H,10H2. The Morgan fingerprint density at radius 3 is 2.59 bits per heavy atom. The zero-order valence-corrected chi connectivity index (χ0v) is 15.6. The van der Waals surface area contributed by atoms with E-state index in [4.69, 9.17) is 0 Å². The molecular weight excluding hydrogens is 380 g/mol. The summed E-state index contributed by atoms with van der Waals surface area (Å²) in [4.78, 5) is 23.0. The molecule has 134 valence electrons. The molecule has 0 saturated carbocycles. The maximum atomic E-state index is 12.4. The van der Waals surface area contributed by atoms with Crippen LogP contribution in [-0.4, -0.2) is 31.7 Å². The monoisotopic (exact) mass is 394 g/mol. The molecule has 4 aromatic rings. The molecule has 7 heteroatoms. The molecule has 0 fully saturated rings. The van der Waals surface area contributed by atoms with Gasteiger partial charge in [0.1, 0.15) is 16.2 Å². The van der Waals surface area contributed by atoms with Gasteiger partial charge in [-0.25, -0.2) is 9.97 Å². The van der Waals surface area contributed by atoms with Crippen LogP contribution < -0.4 is 0 Å². The summed E-state index contributed by atoms with van der Waals surface area (Å²) in [6, 6.07) is 16.2. The summed E-state index contributed by atoms with van der Waals surface area (Å²) in [5.74, 6) is -0.531. The van der Waals surface area contributed by atoms with E-state index in [2.05, 4.69) is 16.0 Å². The van der Waals surface area contributed by atoms with Gasteiger partial charge in [-0.1, -0.05) is 42.1 Å². The Morgan fingerprint density at radius 1 is 1.00 bits per heavy atom. The molecule has 0 unspecified atom stereocenters. The number of phenolic OH excluding ortho intramolecular Hbond substituents is 2. The van der Waals surface area contributed by atoms with Gasteiger partial charge < -0.3 is 10.2 Å². The van der Waals surface area contributed by atoms with Crippen LogP contribution in [0.3, 0.4) is 0 Å². The normalized spacial score (nSPS) is 11.0. The molecule has 0 bridgehead atoms. The third-order valence-corrected chi connectivity index (χ3v) is 6.09. The summed E-state index contributed by atoms with van der Waals surface area (Å²) >= 11 is 2.92. The topological polar surface area (TPSA) is 83.3 Å². The number of aromatic nitrogens is 2. The van der Waals surface area contributed by atoms with Gasteiger partial charge in [-0.3, -0.25) is 4.79 Å². The molecule has 0 saturated heterocycles. The highest BCUT2D eigenvalue weighted by atomic mass is 32.2. The van der Waals surface area contributed by atoms with E-state index < -0.39 is 0 Å². The van der Waals surface area contributed by atoms with E-state index in [0.29, 0.717) is 5.56 Å². The second-order valence-corrected chi connectivity index (χ2v) is 7.78. The number of thiophene rings is 1. The maximum Gasteiger partial charge on any atom is 0.173 e. The molecule has 27 heavy (non-hydrogen) atoms. The second kappa shape index (κ2) is 7.38. The average molecular weight is 394 g/mol. The molecular formula is C20H14N2O3S2. The number of benzene rings is 2. The molecule has 4 rings (SSSR count). The molecule has 2 aromatic carbocycles. The lowest BCUT2D eigenvalue weighted by molar-refractivity contribution is 0.102. The van der Waals surface area contributed by atoms with E-state index in [-0.39, 0.29) is 23.0 Å². The van der Waals surface area contributed by atoms with Crippen molar-refractivity contribution >= 4 is 39.1 Å². The number of phenols is 2. The van der Waals surface area contributed by atoms with Crippen LogP contribution in [0.4, 0.5) is 0 Å². The number of ketones is 1. The van der Waals surface area contributed by atoms with E-state index in [1.807, 2.05) is 30.3 Å². The van der Waals surface area contributed by atoms with Crippen LogP contribution in [0.25, 0.3) is 20.7 Å². The molecule has 0 aliphatic carbocycles. The number of rotatable bonds is 5. The molecule has 0 atom stereocenters. The Kier molecular flexibility index (Phi) is 4.79. The van der Waals surface area contributed by atoms with Crippen LogP contribution in [0.5, 0.6) is 11.5 Å². The Balaban J connectivity index is 1.57. The summed E-state index contributed by atoms with van der Waals surface area (Å²) in [5.41, 5.74) is 1.46. The van der Waals surface area contributed by atoms with Gasteiger partial charge in [0.2, 0.25) is 0 Å². The van der Waals surface area contributed by atoms with E-state index in [9.17, 15) is 15.0 Å². The van der Waals surface area contributed by atoms with E-state index in [1.54, 1.807) is 11.3 Å². The van der Waals surface area contributed by atoms with E-state index >= 15 is 0 Å². The maximum absolute atomic E-state index is 12.4. The minimum absolute atomic E-state index is 0.152. The van der Waals surface area contributed by atoms with Gasteiger partial charge in [0.15, 0.2) is 17.3 Å².